The van der Waals surface area contributed by atoms with Crippen molar-refractivity contribution in [1.29, 1.82) is 0 Å². The van der Waals surface area contributed by atoms with Gasteiger partial charge in [-0.1, -0.05) is 38.1 Å². The molecule has 0 aliphatic carbocycles. The number of ether oxygens (including phenoxy) is 1. The summed E-state index contributed by atoms with van der Waals surface area (Å²) in [5.41, 5.74) is 1.33. The van der Waals surface area contributed by atoms with E-state index in [0.717, 1.165) is 22.1 Å². The van der Waals surface area contributed by atoms with Crippen LogP contribution in [-0.4, -0.2) is 50.8 Å². The maximum absolute atomic E-state index is 13.0. The highest BCUT2D eigenvalue weighted by Crippen LogP contribution is 2.23. The van der Waals surface area contributed by atoms with Crippen molar-refractivity contribution in [1.82, 2.24) is 9.21 Å². The predicted octanol–water partition coefficient (Wildman–Crippen LogP) is 4.15. The normalized spacial score (nSPS) is 11.6. The molecule has 0 aliphatic heterocycles. The molecule has 6 nitrogen and oxygen atoms in total. The number of fused-ring (bicyclic) bond motifs is 1. The number of carbonyl (C=O) groups excluding carboxylic acids is 1. The van der Waals surface area contributed by atoms with Crippen LogP contribution >= 0.6 is 0 Å². The monoisotopic (exact) mass is 440 g/mol. The molecule has 1 amide bonds. The first kappa shape index (κ1) is 22.8. The fourth-order valence-corrected chi connectivity index (χ4v) is 5.07. The highest BCUT2D eigenvalue weighted by molar-refractivity contribution is 7.89. The Hall–Kier alpha value is -2.90. The molecule has 0 radical (unpaired) electrons. The fourth-order valence-electron chi connectivity index (χ4n) is 3.57. The van der Waals surface area contributed by atoms with Gasteiger partial charge in [-0.25, -0.2) is 8.42 Å². The third-order valence-electron chi connectivity index (χ3n) is 5.30. The molecule has 0 aliphatic rings. The van der Waals surface area contributed by atoms with Crippen molar-refractivity contribution in [3.8, 4) is 5.75 Å². The third-order valence-corrected chi connectivity index (χ3v) is 7.35. The largest absolute Gasteiger partial charge is 0.497 e. The molecular weight excluding hydrogens is 412 g/mol. The molecule has 0 unspecified atom stereocenters. The Balaban J connectivity index is 1.81. The third kappa shape index (κ3) is 4.89. The number of sulfonamides is 1. The first-order valence-electron chi connectivity index (χ1n) is 10.2. The van der Waals surface area contributed by atoms with Gasteiger partial charge in [-0.05, 0) is 52.7 Å². The second-order valence-corrected chi connectivity index (χ2v) is 9.26. The molecule has 0 heterocycles. The number of carbonyl (C=O) groups is 1. The number of nitrogens with zero attached hydrogens (tertiary/aromatic N) is 2. The van der Waals surface area contributed by atoms with Crippen LogP contribution in [0.2, 0.25) is 0 Å². The highest BCUT2D eigenvalue weighted by Gasteiger charge is 2.23. The van der Waals surface area contributed by atoms with E-state index < -0.39 is 10.0 Å². The van der Waals surface area contributed by atoms with Gasteiger partial charge >= 0.3 is 0 Å². The SMILES string of the molecule is CCN(CC)S(=O)(=O)c1cccc(C(=O)N(C)Cc2ccc3cc(OC)ccc3c2)c1. The molecule has 3 aromatic carbocycles. The number of methoxy groups -OCH3 is 1. The smallest absolute Gasteiger partial charge is 0.253 e. The van der Waals surface area contributed by atoms with Gasteiger partial charge in [0.05, 0.1) is 12.0 Å². The number of hydrogen-bond acceptors (Lipinski definition) is 4. The van der Waals surface area contributed by atoms with E-state index in [-0.39, 0.29) is 10.8 Å². The Labute approximate surface area is 184 Å². The van der Waals surface area contributed by atoms with Crippen LogP contribution < -0.4 is 4.74 Å². The van der Waals surface area contributed by atoms with Crippen LogP contribution in [0.25, 0.3) is 10.8 Å². The zero-order valence-corrected chi connectivity index (χ0v) is 19.1. The van der Waals surface area contributed by atoms with Crippen molar-refractivity contribution >= 4 is 26.7 Å². The molecule has 0 atom stereocenters. The molecule has 31 heavy (non-hydrogen) atoms. The standard InChI is InChI=1S/C24H28N2O4S/c1-5-26(6-2)31(28,29)23-9-7-8-21(16-23)24(27)25(3)17-18-10-11-20-15-22(30-4)13-12-19(20)14-18/h7-16H,5-6,17H2,1-4H3. The Morgan fingerprint density at radius 3 is 2.29 bits per heavy atom. The van der Waals surface area contributed by atoms with Gasteiger partial charge < -0.3 is 9.64 Å². The summed E-state index contributed by atoms with van der Waals surface area (Å²) < 4.78 is 32.2. The average molecular weight is 441 g/mol. The van der Waals surface area contributed by atoms with Crippen LogP contribution in [0.3, 0.4) is 0 Å². The van der Waals surface area contributed by atoms with Crippen LogP contribution in [0.15, 0.2) is 65.6 Å². The lowest BCUT2D eigenvalue weighted by atomic mass is 10.1. The van der Waals surface area contributed by atoms with Gasteiger partial charge in [0.1, 0.15) is 5.75 Å². The van der Waals surface area contributed by atoms with Crippen LogP contribution in [0.4, 0.5) is 0 Å². The van der Waals surface area contributed by atoms with Crippen LogP contribution in [-0.2, 0) is 16.6 Å². The molecular formula is C24H28N2O4S. The molecule has 0 bridgehead atoms. The molecule has 164 valence electrons. The topological polar surface area (TPSA) is 66.9 Å². The molecule has 7 heteroatoms. The van der Waals surface area contributed by atoms with E-state index in [4.69, 9.17) is 4.74 Å². The van der Waals surface area contributed by atoms with Crippen molar-refractivity contribution in [2.45, 2.75) is 25.3 Å². The maximum atomic E-state index is 13.0. The molecule has 3 rings (SSSR count). The predicted molar refractivity (Wildman–Crippen MR) is 123 cm³/mol. The van der Waals surface area contributed by atoms with Crippen LogP contribution in [0, 0.1) is 0 Å². The van der Waals surface area contributed by atoms with Crippen molar-refractivity contribution in [3.63, 3.8) is 0 Å². The molecule has 0 spiro atoms. The first-order valence-corrected chi connectivity index (χ1v) is 11.7. The first-order chi connectivity index (χ1) is 14.8. The maximum Gasteiger partial charge on any atom is 0.253 e. The Morgan fingerprint density at radius 2 is 1.61 bits per heavy atom. The van der Waals surface area contributed by atoms with Gasteiger partial charge in [0.15, 0.2) is 0 Å². The Bertz CT molecular complexity index is 1190. The lowest BCUT2D eigenvalue weighted by Gasteiger charge is -2.20. The van der Waals surface area contributed by atoms with E-state index in [1.165, 1.54) is 16.4 Å². The minimum Gasteiger partial charge on any atom is -0.497 e. The summed E-state index contributed by atoms with van der Waals surface area (Å²) in [5.74, 6) is 0.568. The number of hydrogen-bond donors (Lipinski definition) is 0. The van der Waals surface area contributed by atoms with Crippen LogP contribution in [0.1, 0.15) is 29.8 Å². The van der Waals surface area contributed by atoms with Gasteiger partial charge in [0.2, 0.25) is 10.0 Å². The summed E-state index contributed by atoms with van der Waals surface area (Å²) in [6.07, 6.45) is 0. The fraction of sp³-hybridized carbons (Fsp3) is 0.292. The van der Waals surface area contributed by atoms with E-state index in [1.54, 1.807) is 45.0 Å². The van der Waals surface area contributed by atoms with Crippen molar-refractivity contribution in [2.75, 3.05) is 27.2 Å². The van der Waals surface area contributed by atoms with Crippen molar-refractivity contribution in [2.24, 2.45) is 0 Å². The number of amides is 1. The highest BCUT2D eigenvalue weighted by atomic mass is 32.2. The second kappa shape index (κ2) is 9.49. The van der Waals surface area contributed by atoms with E-state index in [2.05, 4.69) is 0 Å². The summed E-state index contributed by atoms with van der Waals surface area (Å²) in [6.45, 7) is 4.76. The van der Waals surface area contributed by atoms with Gasteiger partial charge in [-0.2, -0.15) is 4.31 Å². The van der Waals surface area contributed by atoms with Gasteiger partial charge in [-0.3, -0.25) is 4.79 Å². The average Bonchev–Trinajstić information content (AvgIpc) is 2.78. The lowest BCUT2D eigenvalue weighted by Crippen LogP contribution is -2.31. The molecule has 0 N–H and O–H groups in total. The summed E-state index contributed by atoms with van der Waals surface area (Å²) >= 11 is 0. The van der Waals surface area contributed by atoms with Gasteiger partial charge in [0, 0.05) is 32.2 Å². The van der Waals surface area contributed by atoms with E-state index >= 15 is 0 Å². The minimum absolute atomic E-state index is 0.134. The van der Waals surface area contributed by atoms with E-state index in [1.807, 2.05) is 36.4 Å². The Kier molecular flexibility index (Phi) is 6.97. The Morgan fingerprint density at radius 1 is 0.935 bits per heavy atom. The van der Waals surface area contributed by atoms with Crippen molar-refractivity contribution < 1.29 is 17.9 Å². The van der Waals surface area contributed by atoms with Gasteiger partial charge in [-0.15, -0.1) is 0 Å². The molecule has 0 aromatic heterocycles. The lowest BCUT2D eigenvalue weighted by molar-refractivity contribution is 0.0785. The molecule has 0 fully saturated rings. The van der Waals surface area contributed by atoms with Crippen LogP contribution in [0.5, 0.6) is 5.75 Å². The van der Waals surface area contributed by atoms with E-state index in [9.17, 15) is 13.2 Å². The number of rotatable bonds is 8. The van der Waals surface area contributed by atoms with Gasteiger partial charge in [0.25, 0.3) is 5.91 Å². The minimum atomic E-state index is -3.62. The quantitative estimate of drug-likeness (QED) is 0.528. The second-order valence-electron chi connectivity index (χ2n) is 7.33. The zero-order valence-electron chi connectivity index (χ0n) is 18.3. The van der Waals surface area contributed by atoms with Crippen molar-refractivity contribution in [3.05, 3.63) is 71.8 Å². The summed E-state index contributed by atoms with van der Waals surface area (Å²) in [7, 11) is -0.268. The molecule has 0 saturated carbocycles. The zero-order chi connectivity index (χ0) is 22.6. The number of benzene rings is 3. The van der Waals surface area contributed by atoms with E-state index in [0.29, 0.717) is 25.2 Å². The summed E-state index contributed by atoms with van der Waals surface area (Å²) in [5, 5.41) is 2.12. The summed E-state index contributed by atoms with van der Waals surface area (Å²) in [4.78, 5) is 14.7. The molecule has 0 saturated heterocycles. The molecule has 3 aromatic rings. The summed E-state index contributed by atoms with van der Waals surface area (Å²) in [6, 6.07) is 18.1.